The lowest BCUT2D eigenvalue weighted by molar-refractivity contribution is -0.208. The molecule has 0 N–H and O–H groups in total. The molecule has 0 aliphatic carbocycles. The third-order valence-electron chi connectivity index (χ3n) is 9.45. The smallest absolute Gasteiger partial charge is 0.146 e. The molecular weight excluding hydrogens is 476 g/mol. The highest BCUT2D eigenvalue weighted by Gasteiger charge is 2.65. The number of benzene rings is 4. The zero-order chi connectivity index (χ0) is 26.8. The predicted molar refractivity (Wildman–Crippen MR) is 156 cm³/mol. The molecule has 196 valence electrons. The number of carbonyl (C=O) groups excluding carboxylic acids is 1. The minimum atomic E-state index is -0.113. The Kier molecular flexibility index (Phi) is 5.84. The molecule has 4 aliphatic heterocycles. The second kappa shape index (κ2) is 9.29. The van der Waals surface area contributed by atoms with Gasteiger partial charge in [-0.25, -0.2) is 0 Å². The quantitative estimate of drug-likeness (QED) is 0.281. The van der Waals surface area contributed by atoms with Crippen molar-refractivity contribution in [3.63, 3.8) is 0 Å². The van der Waals surface area contributed by atoms with E-state index >= 15 is 0 Å². The zero-order valence-electron chi connectivity index (χ0n) is 23.2. The van der Waals surface area contributed by atoms with Crippen molar-refractivity contribution in [3.8, 4) is 0 Å². The van der Waals surface area contributed by atoms with Crippen LogP contribution in [0.25, 0.3) is 0 Å². The molecule has 4 unspecified atom stereocenters. The van der Waals surface area contributed by atoms with Gasteiger partial charge in [-0.2, -0.15) is 0 Å². The van der Waals surface area contributed by atoms with Gasteiger partial charge in [-0.05, 0) is 49.9 Å². The Morgan fingerprint density at radius 2 is 0.667 bits per heavy atom. The van der Waals surface area contributed by atoms with E-state index in [1.165, 1.54) is 44.5 Å². The highest BCUT2D eigenvalue weighted by Crippen LogP contribution is 2.64. The lowest BCUT2D eigenvalue weighted by Crippen LogP contribution is -2.69. The number of hydrogen-bond donors (Lipinski definition) is 0. The molecule has 4 aliphatic rings. The highest BCUT2D eigenvalue weighted by atomic mass is 16.1. The third-order valence-corrected chi connectivity index (χ3v) is 9.45. The molecule has 4 aromatic carbocycles. The number of nitrogens with zero attached hydrogens (tertiary/aromatic N) is 2. The minimum absolute atomic E-state index is 0.0437. The van der Waals surface area contributed by atoms with Crippen LogP contribution in [0.3, 0.4) is 0 Å². The fourth-order valence-electron chi connectivity index (χ4n) is 7.55. The predicted octanol–water partition coefficient (Wildman–Crippen LogP) is 7.59. The second-order valence-electron chi connectivity index (χ2n) is 12.0. The summed E-state index contributed by atoms with van der Waals surface area (Å²) in [6, 6.07) is 35.8. The molecule has 0 saturated carbocycles. The Labute approximate surface area is 232 Å². The van der Waals surface area contributed by atoms with E-state index in [0.717, 1.165) is 6.67 Å². The normalized spacial score (nSPS) is 31.0. The summed E-state index contributed by atoms with van der Waals surface area (Å²) in [5, 5.41) is 0. The maximum absolute atomic E-state index is 14.9. The van der Waals surface area contributed by atoms with Gasteiger partial charge < -0.3 is 0 Å². The molecule has 3 nitrogen and oxygen atoms in total. The van der Waals surface area contributed by atoms with Gasteiger partial charge in [0.25, 0.3) is 0 Å². The summed E-state index contributed by atoms with van der Waals surface area (Å²) in [4.78, 5) is 20.2. The van der Waals surface area contributed by atoms with Gasteiger partial charge in [0.1, 0.15) is 5.78 Å². The van der Waals surface area contributed by atoms with Crippen LogP contribution in [0.5, 0.6) is 0 Å². The van der Waals surface area contributed by atoms with Gasteiger partial charge >= 0.3 is 0 Å². The van der Waals surface area contributed by atoms with Gasteiger partial charge in [0.15, 0.2) is 0 Å². The topological polar surface area (TPSA) is 23.6 Å². The number of piperidine rings is 2. The number of carbonyl (C=O) groups is 1. The van der Waals surface area contributed by atoms with Crippen molar-refractivity contribution in [2.75, 3.05) is 6.67 Å². The van der Waals surface area contributed by atoms with Crippen molar-refractivity contribution in [1.82, 2.24) is 9.80 Å². The Hall–Kier alpha value is -3.53. The maximum atomic E-state index is 14.9. The van der Waals surface area contributed by atoms with Crippen molar-refractivity contribution < 1.29 is 4.79 Å². The molecule has 39 heavy (non-hydrogen) atoms. The molecular formula is C36H36N2O. The molecule has 4 saturated heterocycles. The molecule has 3 heteroatoms. The van der Waals surface area contributed by atoms with Gasteiger partial charge in [0.05, 0.1) is 18.5 Å². The van der Waals surface area contributed by atoms with Crippen molar-refractivity contribution in [1.29, 1.82) is 0 Å². The van der Waals surface area contributed by atoms with E-state index < -0.39 is 0 Å². The van der Waals surface area contributed by atoms with Crippen LogP contribution in [-0.2, 0) is 4.79 Å². The van der Waals surface area contributed by atoms with E-state index in [9.17, 15) is 4.79 Å². The summed E-state index contributed by atoms with van der Waals surface area (Å²) in [5.41, 5.74) is 9.99. The Balaban J connectivity index is 1.44. The lowest BCUT2D eigenvalue weighted by atomic mass is 9.60. The van der Waals surface area contributed by atoms with Gasteiger partial charge in [0.2, 0.25) is 0 Å². The van der Waals surface area contributed by atoms with Crippen molar-refractivity contribution in [3.05, 3.63) is 142 Å². The van der Waals surface area contributed by atoms with Gasteiger partial charge in [-0.15, -0.1) is 0 Å². The largest absolute Gasteiger partial charge is 0.299 e. The molecule has 4 fully saturated rings. The van der Waals surface area contributed by atoms with E-state index in [-0.39, 0.29) is 36.0 Å². The molecule has 0 amide bonds. The molecule has 0 radical (unpaired) electrons. The molecule has 4 aromatic rings. The SMILES string of the molecule is Cc1ccc([C@@H]2C3C(=O)C4[C@@H](c5ccc(C)cc5)N(CN2[C@H]4c2ccc(C)cc2)[C@H]3c2ccc(C)cc2)cc1. The highest BCUT2D eigenvalue weighted by molar-refractivity contribution is 5.89. The molecule has 0 aromatic heterocycles. The fourth-order valence-corrected chi connectivity index (χ4v) is 7.55. The van der Waals surface area contributed by atoms with E-state index in [1.807, 2.05) is 0 Å². The minimum Gasteiger partial charge on any atom is -0.299 e. The third kappa shape index (κ3) is 3.91. The first-order valence-corrected chi connectivity index (χ1v) is 14.2. The number of hydrogen-bond acceptors (Lipinski definition) is 3. The van der Waals surface area contributed by atoms with Gasteiger partial charge in [-0.3, -0.25) is 14.6 Å². The van der Waals surface area contributed by atoms with Crippen LogP contribution in [0.15, 0.2) is 97.1 Å². The van der Waals surface area contributed by atoms with Crippen molar-refractivity contribution >= 4 is 5.78 Å². The number of ketones is 1. The molecule has 8 atom stereocenters. The van der Waals surface area contributed by atoms with Crippen LogP contribution in [-0.4, -0.2) is 22.3 Å². The van der Waals surface area contributed by atoms with Crippen molar-refractivity contribution in [2.24, 2.45) is 11.8 Å². The summed E-state index contributed by atoms with van der Waals surface area (Å²) in [5.74, 6) is 0.185. The Morgan fingerprint density at radius 3 is 0.897 bits per heavy atom. The first-order chi connectivity index (χ1) is 18.9. The summed E-state index contributed by atoms with van der Waals surface area (Å²) in [7, 11) is 0. The Bertz CT molecular complexity index is 1280. The zero-order valence-corrected chi connectivity index (χ0v) is 23.2. The number of aryl methyl sites for hydroxylation is 4. The monoisotopic (exact) mass is 512 g/mol. The fraction of sp³-hybridized carbons (Fsp3) is 0.306. The average molecular weight is 513 g/mol. The molecule has 4 bridgehead atoms. The first kappa shape index (κ1) is 24.5. The lowest BCUT2D eigenvalue weighted by Gasteiger charge is -2.67. The van der Waals surface area contributed by atoms with Gasteiger partial charge in [0, 0.05) is 24.2 Å². The van der Waals surface area contributed by atoms with Crippen LogP contribution in [0, 0.1) is 39.5 Å². The van der Waals surface area contributed by atoms with Gasteiger partial charge in [-0.1, -0.05) is 119 Å². The molecule has 4 heterocycles. The number of Topliss-reactive ketones (excluding diaryl/α,β-unsaturated/α-hetero) is 1. The summed E-state index contributed by atoms with van der Waals surface area (Å²) >= 11 is 0. The van der Waals surface area contributed by atoms with Crippen LogP contribution < -0.4 is 0 Å². The second-order valence-corrected chi connectivity index (χ2v) is 12.0. The summed E-state index contributed by atoms with van der Waals surface area (Å²) in [6.45, 7) is 9.36. The number of rotatable bonds is 4. The van der Waals surface area contributed by atoms with Crippen LogP contribution in [0.2, 0.25) is 0 Å². The molecule has 0 spiro atoms. The first-order valence-electron chi connectivity index (χ1n) is 14.2. The molecule has 8 rings (SSSR count). The van der Waals surface area contributed by atoms with E-state index in [4.69, 9.17) is 0 Å². The van der Waals surface area contributed by atoms with E-state index in [2.05, 4.69) is 135 Å². The van der Waals surface area contributed by atoms with Crippen LogP contribution >= 0.6 is 0 Å². The van der Waals surface area contributed by atoms with Crippen LogP contribution in [0.4, 0.5) is 0 Å². The Morgan fingerprint density at radius 1 is 0.436 bits per heavy atom. The standard InChI is InChI=1S/C36H36N2O/c1-22-5-13-26(14-6-22)32-30-33(27-15-7-23(2)8-16-27)38-21-37(32)34(28-17-9-24(3)10-18-28)31(36(30)39)35(38)29-19-11-25(4)12-20-29/h5-20,30-35H,21H2,1-4H3/t30?,31?,32-,33+,34+,35-. The van der Waals surface area contributed by atoms with E-state index in [0.29, 0.717) is 5.78 Å². The summed E-state index contributed by atoms with van der Waals surface area (Å²) < 4.78 is 0. The summed E-state index contributed by atoms with van der Waals surface area (Å²) in [6.07, 6.45) is 0. The van der Waals surface area contributed by atoms with Crippen LogP contribution in [0.1, 0.15) is 68.7 Å². The van der Waals surface area contributed by atoms with E-state index in [1.54, 1.807) is 0 Å². The van der Waals surface area contributed by atoms with Crippen molar-refractivity contribution in [2.45, 2.75) is 51.9 Å². The maximum Gasteiger partial charge on any atom is 0.146 e. The average Bonchev–Trinajstić information content (AvgIpc) is 2.94.